The molecule has 0 aliphatic carbocycles. The molecule has 17 heavy (non-hydrogen) atoms. The molecule has 0 aliphatic rings. The SMILES string of the molecule is CCCCOC(=O)CN(CC)C(=O)OCCC. The van der Waals surface area contributed by atoms with Gasteiger partial charge < -0.3 is 9.47 Å². The number of ether oxygens (including phenoxy) is 2. The Bertz CT molecular complexity index is 231. The van der Waals surface area contributed by atoms with Gasteiger partial charge in [0, 0.05) is 6.54 Å². The second kappa shape index (κ2) is 9.93. The van der Waals surface area contributed by atoms with E-state index in [4.69, 9.17) is 9.47 Å². The molecule has 0 spiro atoms. The van der Waals surface area contributed by atoms with Crippen molar-refractivity contribution in [3.63, 3.8) is 0 Å². The molecule has 0 rings (SSSR count). The van der Waals surface area contributed by atoms with E-state index in [9.17, 15) is 9.59 Å². The molecule has 0 N–H and O–H groups in total. The van der Waals surface area contributed by atoms with Crippen LogP contribution in [0.15, 0.2) is 0 Å². The standard InChI is InChI=1S/C12H23NO4/c1-4-7-9-16-11(14)10-13(6-3)12(15)17-8-5-2/h4-10H2,1-3H3. The van der Waals surface area contributed by atoms with Crippen LogP contribution in [0.1, 0.15) is 40.0 Å². The largest absolute Gasteiger partial charge is 0.464 e. The molecule has 0 atom stereocenters. The summed E-state index contributed by atoms with van der Waals surface area (Å²) in [6.45, 7) is 6.93. The molecule has 0 unspecified atom stereocenters. The van der Waals surface area contributed by atoms with Gasteiger partial charge in [-0.05, 0) is 19.8 Å². The summed E-state index contributed by atoms with van der Waals surface area (Å²) in [4.78, 5) is 24.2. The average molecular weight is 245 g/mol. The third kappa shape index (κ3) is 7.60. The summed E-state index contributed by atoms with van der Waals surface area (Å²) in [5.41, 5.74) is 0. The number of unbranched alkanes of at least 4 members (excludes halogenated alkanes) is 1. The van der Waals surface area contributed by atoms with Crippen LogP contribution in [0.5, 0.6) is 0 Å². The van der Waals surface area contributed by atoms with Crippen LogP contribution in [0, 0.1) is 0 Å². The van der Waals surface area contributed by atoms with Crippen molar-refractivity contribution in [3.8, 4) is 0 Å². The fourth-order valence-electron chi connectivity index (χ4n) is 1.12. The minimum atomic E-state index is -0.457. The van der Waals surface area contributed by atoms with Gasteiger partial charge in [-0.3, -0.25) is 9.69 Å². The zero-order valence-corrected chi connectivity index (χ0v) is 11.0. The Kier molecular flexibility index (Phi) is 9.19. The third-order valence-electron chi connectivity index (χ3n) is 2.15. The Balaban J connectivity index is 3.93. The van der Waals surface area contributed by atoms with Crippen molar-refractivity contribution in [1.29, 1.82) is 0 Å². The van der Waals surface area contributed by atoms with Crippen LogP contribution < -0.4 is 0 Å². The van der Waals surface area contributed by atoms with Gasteiger partial charge in [-0.2, -0.15) is 0 Å². The van der Waals surface area contributed by atoms with Crippen LogP contribution in [0.25, 0.3) is 0 Å². The molecule has 0 saturated heterocycles. The molecule has 1 amide bonds. The molecule has 0 aliphatic heterocycles. The maximum atomic E-state index is 11.5. The average Bonchev–Trinajstić information content (AvgIpc) is 2.33. The summed E-state index contributed by atoms with van der Waals surface area (Å²) in [7, 11) is 0. The number of carbonyl (C=O) groups is 2. The van der Waals surface area contributed by atoms with Gasteiger partial charge in [0.25, 0.3) is 0 Å². The Morgan fingerprint density at radius 2 is 1.71 bits per heavy atom. The van der Waals surface area contributed by atoms with Crippen molar-refractivity contribution in [1.82, 2.24) is 4.90 Å². The maximum absolute atomic E-state index is 11.5. The number of amides is 1. The minimum Gasteiger partial charge on any atom is -0.464 e. The van der Waals surface area contributed by atoms with Gasteiger partial charge in [-0.1, -0.05) is 20.3 Å². The minimum absolute atomic E-state index is 0.0389. The topological polar surface area (TPSA) is 55.8 Å². The monoisotopic (exact) mass is 245 g/mol. The van der Waals surface area contributed by atoms with Crippen LogP contribution >= 0.6 is 0 Å². The van der Waals surface area contributed by atoms with Crippen molar-refractivity contribution in [2.75, 3.05) is 26.3 Å². The maximum Gasteiger partial charge on any atom is 0.410 e. The predicted octanol–water partition coefficient (Wildman–Crippen LogP) is 2.20. The summed E-state index contributed by atoms with van der Waals surface area (Å²) in [5, 5.41) is 0. The number of nitrogens with zero attached hydrogens (tertiary/aromatic N) is 1. The summed E-state index contributed by atoms with van der Waals surface area (Å²) in [6, 6.07) is 0. The van der Waals surface area contributed by atoms with Crippen LogP contribution in [-0.2, 0) is 14.3 Å². The van der Waals surface area contributed by atoms with Crippen LogP contribution in [0.4, 0.5) is 4.79 Å². The molecule has 0 aromatic carbocycles. The summed E-state index contributed by atoms with van der Waals surface area (Å²) < 4.78 is 9.93. The molecule has 5 nitrogen and oxygen atoms in total. The van der Waals surface area contributed by atoms with Crippen molar-refractivity contribution in [2.24, 2.45) is 0 Å². The number of esters is 1. The van der Waals surface area contributed by atoms with Crippen molar-refractivity contribution in [3.05, 3.63) is 0 Å². The van der Waals surface area contributed by atoms with Crippen molar-refractivity contribution < 1.29 is 19.1 Å². The molecule has 0 aromatic heterocycles. The Morgan fingerprint density at radius 3 is 2.24 bits per heavy atom. The first-order valence-corrected chi connectivity index (χ1v) is 6.22. The normalized spacial score (nSPS) is 9.82. The molecule has 0 fully saturated rings. The molecular weight excluding hydrogens is 222 g/mol. The zero-order chi connectivity index (χ0) is 13.1. The van der Waals surface area contributed by atoms with E-state index >= 15 is 0 Å². The number of carbonyl (C=O) groups excluding carboxylic acids is 2. The second-order valence-electron chi connectivity index (χ2n) is 3.70. The predicted molar refractivity (Wildman–Crippen MR) is 64.8 cm³/mol. The second-order valence-corrected chi connectivity index (χ2v) is 3.70. The van der Waals surface area contributed by atoms with Crippen LogP contribution in [0.2, 0.25) is 0 Å². The number of rotatable bonds is 8. The van der Waals surface area contributed by atoms with E-state index < -0.39 is 6.09 Å². The Morgan fingerprint density at radius 1 is 1.00 bits per heavy atom. The molecule has 0 heterocycles. The van der Waals surface area contributed by atoms with Crippen LogP contribution in [-0.4, -0.2) is 43.3 Å². The molecule has 0 bridgehead atoms. The highest BCUT2D eigenvalue weighted by Gasteiger charge is 2.17. The van der Waals surface area contributed by atoms with Gasteiger partial charge in [0.05, 0.1) is 13.2 Å². The van der Waals surface area contributed by atoms with Crippen molar-refractivity contribution in [2.45, 2.75) is 40.0 Å². The van der Waals surface area contributed by atoms with E-state index in [1.165, 1.54) is 4.90 Å². The smallest absolute Gasteiger partial charge is 0.410 e. The Labute approximate surface area is 103 Å². The van der Waals surface area contributed by atoms with E-state index in [1.54, 1.807) is 6.92 Å². The summed E-state index contributed by atoms with van der Waals surface area (Å²) >= 11 is 0. The first-order valence-electron chi connectivity index (χ1n) is 6.22. The first-order chi connectivity index (χ1) is 8.15. The number of hydrogen-bond donors (Lipinski definition) is 0. The lowest BCUT2D eigenvalue weighted by atomic mass is 10.4. The summed E-state index contributed by atoms with van der Waals surface area (Å²) in [6.07, 6.45) is 2.13. The lowest BCUT2D eigenvalue weighted by Crippen LogP contribution is -2.36. The van der Waals surface area contributed by atoms with E-state index in [-0.39, 0.29) is 12.5 Å². The Hall–Kier alpha value is -1.26. The van der Waals surface area contributed by atoms with E-state index in [0.717, 1.165) is 19.3 Å². The highest BCUT2D eigenvalue weighted by atomic mass is 16.6. The van der Waals surface area contributed by atoms with Gasteiger partial charge in [-0.15, -0.1) is 0 Å². The molecule has 0 aromatic rings. The zero-order valence-electron chi connectivity index (χ0n) is 11.0. The van der Waals surface area contributed by atoms with Gasteiger partial charge in [0.1, 0.15) is 6.54 Å². The third-order valence-corrected chi connectivity index (χ3v) is 2.15. The van der Waals surface area contributed by atoms with Gasteiger partial charge in [0.15, 0.2) is 0 Å². The van der Waals surface area contributed by atoms with E-state index in [2.05, 4.69) is 0 Å². The highest BCUT2D eigenvalue weighted by molar-refractivity contribution is 5.78. The van der Waals surface area contributed by atoms with Crippen molar-refractivity contribution >= 4 is 12.1 Å². The molecule has 0 radical (unpaired) electrons. The number of likely N-dealkylation sites (N-methyl/N-ethyl adjacent to an activating group) is 1. The first kappa shape index (κ1) is 15.7. The highest BCUT2D eigenvalue weighted by Crippen LogP contribution is 1.97. The quantitative estimate of drug-likeness (QED) is 0.486. The fourth-order valence-corrected chi connectivity index (χ4v) is 1.12. The lowest BCUT2D eigenvalue weighted by molar-refractivity contribution is -0.144. The van der Waals surface area contributed by atoms with Gasteiger partial charge in [0.2, 0.25) is 0 Å². The molecule has 5 heteroatoms. The van der Waals surface area contributed by atoms with Gasteiger partial charge >= 0.3 is 12.1 Å². The van der Waals surface area contributed by atoms with Gasteiger partial charge in [-0.25, -0.2) is 4.79 Å². The van der Waals surface area contributed by atoms with E-state index in [1.807, 2.05) is 13.8 Å². The lowest BCUT2D eigenvalue weighted by Gasteiger charge is -2.19. The fraction of sp³-hybridized carbons (Fsp3) is 0.833. The summed E-state index contributed by atoms with van der Waals surface area (Å²) in [5.74, 6) is -0.381. The molecule has 0 saturated carbocycles. The molecular formula is C12H23NO4. The van der Waals surface area contributed by atoms with E-state index in [0.29, 0.717) is 19.8 Å². The number of hydrogen-bond acceptors (Lipinski definition) is 4. The molecule has 100 valence electrons. The van der Waals surface area contributed by atoms with Crippen LogP contribution in [0.3, 0.4) is 0 Å².